The van der Waals surface area contributed by atoms with Gasteiger partial charge in [-0.1, -0.05) is 0 Å². The molecule has 9 N–H and O–H groups in total. The summed E-state index contributed by atoms with van der Waals surface area (Å²) in [6, 6.07) is -5.98. The molecule has 0 aromatic carbocycles. The first-order chi connectivity index (χ1) is 15.3. The summed E-state index contributed by atoms with van der Waals surface area (Å²) in [7, 11) is 0. The maximum atomic E-state index is 12.6. The predicted molar refractivity (Wildman–Crippen MR) is 115 cm³/mol. The van der Waals surface area contributed by atoms with Gasteiger partial charge in [-0.05, 0) is 31.8 Å². The molecule has 5 atom stereocenters. The van der Waals surface area contributed by atoms with Gasteiger partial charge in [-0.2, -0.15) is 11.8 Å². The largest absolute Gasteiger partial charge is 0.481 e. The van der Waals surface area contributed by atoms with E-state index in [4.69, 9.17) is 21.1 Å². The smallest absolute Gasteiger partial charge is 0.326 e. The van der Waals surface area contributed by atoms with Crippen molar-refractivity contribution in [3.05, 3.63) is 0 Å². The lowest BCUT2D eigenvalue weighted by Crippen LogP contribution is -2.60. The molecule has 5 unspecified atom stereocenters. The Morgan fingerprint density at radius 3 is 1.88 bits per heavy atom. The lowest BCUT2D eigenvalue weighted by atomic mass is 10.1. The maximum Gasteiger partial charge on any atom is 0.326 e. The standard InChI is InChI=1S/C18H30N4O10S/c1-8(23)14(17(30)20-10(18(31)32)3-4-12(24)25)22-16(29)11(7-13(26)27)21-15(28)9(19)5-6-33-2/h8-11,14,23H,3-7,19H2,1-2H3,(H,20,30)(H,21,28)(H,22,29)(H,24,25)(H,26,27)(H,31,32). The Kier molecular flexibility index (Phi) is 13.7. The molecule has 0 saturated heterocycles. The Balaban J connectivity index is 5.39. The molecule has 0 aliphatic rings. The number of amides is 3. The Bertz CT molecular complexity index is 733. The van der Waals surface area contributed by atoms with E-state index in [2.05, 4.69) is 10.6 Å². The van der Waals surface area contributed by atoms with Crippen LogP contribution in [0, 0.1) is 0 Å². The fourth-order valence-electron chi connectivity index (χ4n) is 2.48. The molecule has 0 saturated carbocycles. The highest BCUT2D eigenvalue weighted by atomic mass is 32.2. The van der Waals surface area contributed by atoms with Crippen LogP contribution in [0.15, 0.2) is 0 Å². The van der Waals surface area contributed by atoms with Gasteiger partial charge in [0.25, 0.3) is 0 Å². The molecule has 0 heterocycles. The summed E-state index contributed by atoms with van der Waals surface area (Å²) in [6.45, 7) is 1.11. The summed E-state index contributed by atoms with van der Waals surface area (Å²) in [4.78, 5) is 70.3. The Hall–Kier alpha value is -2.91. The van der Waals surface area contributed by atoms with Crippen molar-refractivity contribution in [2.24, 2.45) is 5.73 Å². The van der Waals surface area contributed by atoms with Gasteiger partial charge in [-0.15, -0.1) is 0 Å². The molecule has 0 fully saturated rings. The van der Waals surface area contributed by atoms with E-state index in [-0.39, 0.29) is 6.42 Å². The van der Waals surface area contributed by atoms with Gasteiger partial charge >= 0.3 is 17.9 Å². The fourth-order valence-corrected chi connectivity index (χ4v) is 2.97. The van der Waals surface area contributed by atoms with Crippen molar-refractivity contribution in [3.63, 3.8) is 0 Å². The first kappa shape index (κ1) is 30.1. The minimum atomic E-state index is -1.72. The van der Waals surface area contributed by atoms with Gasteiger partial charge in [0.05, 0.1) is 18.6 Å². The van der Waals surface area contributed by atoms with Gasteiger partial charge in [0.2, 0.25) is 17.7 Å². The van der Waals surface area contributed by atoms with Crippen LogP contribution in [0.1, 0.15) is 32.6 Å². The summed E-state index contributed by atoms with van der Waals surface area (Å²) in [6.07, 6.45) is -1.36. The number of carboxylic acid groups (broad SMARTS) is 3. The molecule has 0 aromatic rings. The Morgan fingerprint density at radius 1 is 0.848 bits per heavy atom. The van der Waals surface area contributed by atoms with Crippen LogP contribution in [0.3, 0.4) is 0 Å². The van der Waals surface area contributed by atoms with Crippen molar-refractivity contribution >= 4 is 47.4 Å². The normalized spacial score (nSPS) is 15.3. The second-order valence-electron chi connectivity index (χ2n) is 7.11. The summed E-state index contributed by atoms with van der Waals surface area (Å²) in [5.41, 5.74) is 5.71. The zero-order chi connectivity index (χ0) is 25.7. The van der Waals surface area contributed by atoms with Crippen LogP contribution in [0.4, 0.5) is 0 Å². The lowest BCUT2D eigenvalue weighted by molar-refractivity contribution is -0.145. The van der Waals surface area contributed by atoms with Gasteiger partial charge in [0.15, 0.2) is 0 Å². The third kappa shape index (κ3) is 12.1. The number of aliphatic carboxylic acids is 3. The highest BCUT2D eigenvalue weighted by Crippen LogP contribution is 2.04. The number of hydrogen-bond acceptors (Lipinski definition) is 9. The Labute approximate surface area is 193 Å². The average Bonchev–Trinajstić information content (AvgIpc) is 2.71. The van der Waals surface area contributed by atoms with Gasteiger partial charge in [-0.25, -0.2) is 4.79 Å². The monoisotopic (exact) mass is 494 g/mol. The van der Waals surface area contributed by atoms with Crippen molar-refractivity contribution < 1.29 is 49.2 Å². The molecular formula is C18H30N4O10S. The minimum absolute atomic E-state index is 0.264. The summed E-state index contributed by atoms with van der Waals surface area (Å²) < 4.78 is 0. The number of carbonyl (C=O) groups is 6. The van der Waals surface area contributed by atoms with Crippen LogP contribution < -0.4 is 21.7 Å². The first-order valence-electron chi connectivity index (χ1n) is 9.80. The molecule has 3 amide bonds. The van der Waals surface area contributed by atoms with Crippen molar-refractivity contribution in [1.29, 1.82) is 0 Å². The topological polar surface area (TPSA) is 245 Å². The zero-order valence-electron chi connectivity index (χ0n) is 18.1. The summed E-state index contributed by atoms with van der Waals surface area (Å²) in [5.74, 6) is -6.78. The van der Waals surface area contributed by atoms with E-state index in [0.29, 0.717) is 5.75 Å². The third-order valence-corrected chi connectivity index (χ3v) is 4.95. The van der Waals surface area contributed by atoms with Crippen LogP contribution in [0.25, 0.3) is 0 Å². The van der Waals surface area contributed by atoms with Crippen molar-refractivity contribution in [2.75, 3.05) is 12.0 Å². The van der Waals surface area contributed by atoms with E-state index < -0.39 is 85.2 Å². The number of rotatable bonds is 16. The van der Waals surface area contributed by atoms with Crippen molar-refractivity contribution in [1.82, 2.24) is 16.0 Å². The molecule has 33 heavy (non-hydrogen) atoms. The molecule has 0 rings (SSSR count). The van der Waals surface area contributed by atoms with E-state index in [1.807, 2.05) is 5.32 Å². The zero-order valence-corrected chi connectivity index (χ0v) is 19.0. The van der Waals surface area contributed by atoms with Gasteiger partial charge in [0.1, 0.15) is 18.1 Å². The van der Waals surface area contributed by atoms with Crippen LogP contribution in [-0.2, 0) is 28.8 Å². The molecule has 0 bridgehead atoms. The number of nitrogens with one attached hydrogen (secondary N) is 3. The molecule has 0 aliphatic heterocycles. The molecule has 0 radical (unpaired) electrons. The third-order valence-electron chi connectivity index (χ3n) is 4.31. The number of hydrogen-bond donors (Lipinski definition) is 8. The lowest BCUT2D eigenvalue weighted by Gasteiger charge is -2.26. The molecule has 188 valence electrons. The van der Waals surface area contributed by atoms with E-state index in [1.165, 1.54) is 11.8 Å². The molecule has 0 aromatic heterocycles. The molecule has 14 nitrogen and oxygen atoms in total. The van der Waals surface area contributed by atoms with Crippen molar-refractivity contribution in [2.45, 2.75) is 62.9 Å². The number of aliphatic hydroxyl groups excluding tert-OH is 1. The average molecular weight is 495 g/mol. The first-order valence-corrected chi connectivity index (χ1v) is 11.2. The summed E-state index contributed by atoms with van der Waals surface area (Å²) in [5, 5.41) is 43.1. The van der Waals surface area contributed by atoms with Crippen LogP contribution in [-0.4, -0.2) is 98.3 Å². The molecule has 15 heteroatoms. The molecular weight excluding hydrogens is 464 g/mol. The van der Waals surface area contributed by atoms with E-state index in [0.717, 1.165) is 6.92 Å². The number of carbonyl (C=O) groups excluding carboxylic acids is 3. The summed E-state index contributed by atoms with van der Waals surface area (Å²) >= 11 is 1.43. The molecule has 0 aliphatic carbocycles. The van der Waals surface area contributed by atoms with Gasteiger partial charge in [0, 0.05) is 6.42 Å². The van der Waals surface area contributed by atoms with Crippen molar-refractivity contribution in [3.8, 4) is 0 Å². The highest BCUT2D eigenvalue weighted by Gasteiger charge is 2.33. The number of thioether (sulfide) groups is 1. The van der Waals surface area contributed by atoms with Gasteiger partial charge in [-0.3, -0.25) is 24.0 Å². The SMILES string of the molecule is CSCCC(N)C(=O)NC(CC(=O)O)C(=O)NC(C(=O)NC(CCC(=O)O)C(=O)O)C(C)O. The fraction of sp³-hybridized carbons (Fsp3) is 0.667. The number of carboxylic acids is 3. The van der Waals surface area contributed by atoms with Crippen LogP contribution in [0.2, 0.25) is 0 Å². The minimum Gasteiger partial charge on any atom is -0.481 e. The second-order valence-corrected chi connectivity index (χ2v) is 8.09. The number of nitrogens with two attached hydrogens (primary N) is 1. The van der Waals surface area contributed by atoms with E-state index in [1.54, 1.807) is 6.26 Å². The van der Waals surface area contributed by atoms with Gasteiger partial charge < -0.3 is 42.1 Å². The highest BCUT2D eigenvalue weighted by molar-refractivity contribution is 7.98. The predicted octanol–water partition coefficient (Wildman–Crippen LogP) is -2.67. The second kappa shape index (κ2) is 15.0. The van der Waals surface area contributed by atoms with E-state index >= 15 is 0 Å². The van der Waals surface area contributed by atoms with E-state index in [9.17, 15) is 33.9 Å². The molecule has 0 spiro atoms. The van der Waals surface area contributed by atoms with Crippen LogP contribution >= 0.6 is 11.8 Å². The Morgan fingerprint density at radius 2 is 1.42 bits per heavy atom. The quantitative estimate of drug-likeness (QED) is 0.109. The maximum absolute atomic E-state index is 12.6. The number of aliphatic hydroxyl groups is 1. The van der Waals surface area contributed by atoms with Crippen LogP contribution in [0.5, 0.6) is 0 Å².